The number of nitrogens with one attached hydrogen (secondary N) is 1. The van der Waals surface area contributed by atoms with E-state index < -0.39 is 17.6 Å². The van der Waals surface area contributed by atoms with Crippen LogP contribution in [0.1, 0.15) is 27.0 Å². The summed E-state index contributed by atoms with van der Waals surface area (Å²) in [7, 11) is 0. The molecular formula is C17H14F3NO3. The number of amides is 1. The topological polar surface area (TPSA) is 47.6 Å². The molecule has 1 amide bonds. The molecule has 0 bridgehead atoms. The Balaban J connectivity index is 1.79. The number of hydrogen-bond acceptors (Lipinski definition) is 3. The van der Waals surface area contributed by atoms with Gasteiger partial charge in [-0.3, -0.25) is 4.79 Å². The third kappa shape index (κ3) is 3.15. The highest BCUT2D eigenvalue weighted by molar-refractivity contribution is 5.97. The third-order valence-corrected chi connectivity index (χ3v) is 3.70. The molecule has 0 unspecified atom stereocenters. The van der Waals surface area contributed by atoms with Crippen LogP contribution < -0.4 is 14.8 Å². The predicted molar refractivity (Wildman–Crippen MR) is 79.9 cm³/mol. The number of aryl methyl sites for hydroxylation is 1. The van der Waals surface area contributed by atoms with Crippen molar-refractivity contribution in [2.45, 2.75) is 19.6 Å². The van der Waals surface area contributed by atoms with Gasteiger partial charge in [0.15, 0.2) is 11.5 Å². The first kappa shape index (κ1) is 16.2. The lowest BCUT2D eigenvalue weighted by atomic mass is 10.0. The van der Waals surface area contributed by atoms with Crippen LogP contribution in [-0.2, 0) is 12.7 Å². The van der Waals surface area contributed by atoms with Gasteiger partial charge in [-0.25, -0.2) is 0 Å². The first-order chi connectivity index (χ1) is 11.4. The summed E-state index contributed by atoms with van der Waals surface area (Å²) < 4.78 is 49.7. The second kappa shape index (κ2) is 6.07. The zero-order valence-electron chi connectivity index (χ0n) is 12.7. The molecule has 3 rings (SSSR count). The van der Waals surface area contributed by atoms with Crippen LogP contribution in [0.2, 0.25) is 0 Å². The number of benzene rings is 2. The van der Waals surface area contributed by atoms with Crippen LogP contribution in [0.4, 0.5) is 13.2 Å². The summed E-state index contributed by atoms with van der Waals surface area (Å²) in [6, 6.07) is 8.76. The molecule has 0 saturated heterocycles. The minimum atomic E-state index is -4.59. The van der Waals surface area contributed by atoms with Crippen molar-refractivity contribution >= 4 is 5.91 Å². The second-order valence-electron chi connectivity index (χ2n) is 5.37. The van der Waals surface area contributed by atoms with E-state index in [0.29, 0.717) is 17.1 Å². The first-order valence-electron chi connectivity index (χ1n) is 7.20. The maximum absolute atomic E-state index is 13.1. The van der Waals surface area contributed by atoms with Crippen LogP contribution in [-0.4, -0.2) is 12.7 Å². The molecule has 7 heteroatoms. The molecule has 2 aromatic carbocycles. The lowest BCUT2D eigenvalue weighted by Gasteiger charge is -2.15. The Hall–Kier alpha value is -2.70. The Labute approximate surface area is 136 Å². The van der Waals surface area contributed by atoms with Crippen LogP contribution in [0.5, 0.6) is 11.5 Å². The Bertz CT molecular complexity index is 787. The SMILES string of the molecule is Cc1cccc(C(F)(F)F)c1C(=O)NCc1ccc2c(c1)OCO2. The van der Waals surface area contributed by atoms with Gasteiger partial charge in [0.05, 0.1) is 11.1 Å². The Kier molecular flexibility index (Phi) is 4.09. The second-order valence-corrected chi connectivity index (χ2v) is 5.37. The Morgan fingerprint density at radius 2 is 1.92 bits per heavy atom. The van der Waals surface area contributed by atoms with Crippen molar-refractivity contribution in [3.63, 3.8) is 0 Å². The van der Waals surface area contributed by atoms with Gasteiger partial charge in [-0.1, -0.05) is 18.2 Å². The average molecular weight is 337 g/mol. The van der Waals surface area contributed by atoms with E-state index in [0.717, 1.165) is 6.07 Å². The van der Waals surface area contributed by atoms with Gasteiger partial charge in [-0.15, -0.1) is 0 Å². The fraction of sp³-hybridized carbons (Fsp3) is 0.235. The molecule has 1 heterocycles. The minimum Gasteiger partial charge on any atom is -0.454 e. The smallest absolute Gasteiger partial charge is 0.417 e. The number of rotatable bonds is 3. The van der Waals surface area contributed by atoms with Gasteiger partial charge in [0.25, 0.3) is 5.91 Å². The zero-order chi connectivity index (χ0) is 17.3. The van der Waals surface area contributed by atoms with Gasteiger partial charge in [0, 0.05) is 6.54 Å². The van der Waals surface area contributed by atoms with E-state index in [4.69, 9.17) is 9.47 Å². The van der Waals surface area contributed by atoms with Crippen molar-refractivity contribution in [2.24, 2.45) is 0 Å². The number of ether oxygens (including phenoxy) is 2. The molecule has 0 fully saturated rings. The number of carbonyl (C=O) groups is 1. The molecule has 0 aliphatic carbocycles. The van der Waals surface area contributed by atoms with Crippen LogP contribution in [0, 0.1) is 6.92 Å². The van der Waals surface area contributed by atoms with E-state index >= 15 is 0 Å². The van der Waals surface area contributed by atoms with Crippen molar-refractivity contribution in [3.05, 3.63) is 58.7 Å². The highest BCUT2D eigenvalue weighted by Gasteiger charge is 2.35. The Morgan fingerprint density at radius 3 is 2.67 bits per heavy atom. The average Bonchev–Trinajstić information content (AvgIpc) is 2.99. The van der Waals surface area contributed by atoms with Crippen LogP contribution in [0.3, 0.4) is 0 Å². The monoisotopic (exact) mass is 337 g/mol. The lowest BCUT2D eigenvalue weighted by Crippen LogP contribution is -2.26. The summed E-state index contributed by atoms with van der Waals surface area (Å²) in [5.74, 6) is 0.384. The van der Waals surface area contributed by atoms with E-state index in [-0.39, 0.29) is 24.5 Å². The summed E-state index contributed by atoms with van der Waals surface area (Å²) in [5, 5.41) is 2.52. The number of fused-ring (bicyclic) bond motifs is 1. The number of hydrogen-bond donors (Lipinski definition) is 1. The van der Waals surface area contributed by atoms with Crippen LogP contribution in [0.15, 0.2) is 36.4 Å². The van der Waals surface area contributed by atoms with E-state index in [1.807, 2.05) is 0 Å². The van der Waals surface area contributed by atoms with E-state index in [1.54, 1.807) is 18.2 Å². The molecule has 1 aliphatic heterocycles. The van der Waals surface area contributed by atoms with Crippen molar-refractivity contribution < 1.29 is 27.4 Å². The van der Waals surface area contributed by atoms with Crippen LogP contribution >= 0.6 is 0 Å². The van der Waals surface area contributed by atoms with Gasteiger partial charge in [-0.2, -0.15) is 13.2 Å². The highest BCUT2D eigenvalue weighted by Crippen LogP contribution is 2.34. The minimum absolute atomic E-state index is 0.0844. The fourth-order valence-corrected chi connectivity index (χ4v) is 2.53. The van der Waals surface area contributed by atoms with Crippen molar-refractivity contribution in [1.29, 1.82) is 0 Å². The maximum Gasteiger partial charge on any atom is 0.417 e. The Morgan fingerprint density at radius 1 is 1.17 bits per heavy atom. The van der Waals surface area contributed by atoms with E-state index in [1.165, 1.54) is 19.1 Å². The van der Waals surface area contributed by atoms with E-state index in [9.17, 15) is 18.0 Å². The summed E-state index contributed by atoms with van der Waals surface area (Å²) in [4.78, 5) is 12.3. The molecule has 1 aliphatic rings. The van der Waals surface area contributed by atoms with Gasteiger partial charge in [0.2, 0.25) is 6.79 Å². The summed E-state index contributed by atoms with van der Waals surface area (Å²) in [6.45, 7) is 1.69. The van der Waals surface area contributed by atoms with Gasteiger partial charge < -0.3 is 14.8 Å². The van der Waals surface area contributed by atoms with Crippen molar-refractivity contribution in [2.75, 3.05) is 6.79 Å². The molecule has 0 aromatic heterocycles. The molecule has 1 N–H and O–H groups in total. The largest absolute Gasteiger partial charge is 0.454 e. The summed E-state index contributed by atoms with van der Waals surface area (Å²) in [6.07, 6.45) is -4.59. The standard InChI is InChI=1S/C17H14F3NO3/c1-10-3-2-4-12(17(18,19)20)15(10)16(22)21-8-11-5-6-13-14(7-11)24-9-23-13/h2-7H,8-9H2,1H3,(H,21,22). The highest BCUT2D eigenvalue weighted by atomic mass is 19.4. The van der Waals surface area contributed by atoms with Crippen molar-refractivity contribution in [1.82, 2.24) is 5.32 Å². The van der Waals surface area contributed by atoms with Crippen molar-refractivity contribution in [3.8, 4) is 11.5 Å². The van der Waals surface area contributed by atoms with Crippen LogP contribution in [0.25, 0.3) is 0 Å². The number of halogens is 3. The molecule has 0 spiro atoms. The lowest BCUT2D eigenvalue weighted by molar-refractivity contribution is -0.138. The molecule has 24 heavy (non-hydrogen) atoms. The quantitative estimate of drug-likeness (QED) is 0.930. The molecule has 126 valence electrons. The summed E-state index contributed by atoms with van der Waals surface area (Å²) >= 11 is 0. The summed E-state index contributed by atoms with van der Waals surface area (Å²) in [5.41, 5.74) is -0.320. The number of alkyl halides is 3. The normalized spacial score (nSPS) is 13.0. The van der Waals surface area contributed by atoms with E-state index in [2.05, 4.69) is 5.32 Å². The van der Waals surface area contributed by atoms with Gasteiger partial charge in [-0.05, 0) is 36.2 Å². The number of carbonyl (C=O) groups excluding carboxylic acids is 1. The van der Waals surface area contributed by atoms with Gasteiger partial charge in [0.1, 0.15) is 0 Å². The molecule has 2 aromatic rings. The predicted octanol–water partition coefficient (Wildman–Crippen LogP) is 3.67. The molecule has 4 nitrogen and oxygen atoms in total. The molecule has 0 radical (unpaired) electrons. The zero-order valence-corrected chi connectivity index (χ0v) is 12.7. The maximum atomic E-state index is 13.1. The molecule has 0 saturated carbocycles. The third-order valence-electron chi connectivity index (χ3n) is 3.70. The van der Waals surface area contributed by atoms with Gasteiger partial charge >= 0.3 is 6.18 Å². The fourth-order valence-electron chi connectivity index (χ4n) is 2.53. The molecule has 0 atom stereocenters. The first-order valence-corrected chi connectivity index (χ1v) is 7.20. The molecular weight excluding hydrogens is 323 g/mol.